The van der Waals surface area contributed by atoms with Gasteiger partial charge in [0.25, 0.3) is 0 Å². The molecule has 1 atom stereocenters. The molecule has 7 heteroatoms. The van der Waals surface area contributed by atoms with Crippen molar-refractivity contribution in [1.82, 2.24) is 0 Å². The summed E-state index contributed by atoms with van der Waals surface area (Å²) in [5.41, 5.74) is 0.621. The fourth-order valence-electron chi connectivity index (χ4n) is 2.08. The molecule has 1 aromatic rings. The molecular weight excluding hydrogens is 283 g/mol. The van der Waals surface area contributed by atoms with Crippen molar-refractivity contribution in [3.8, 4) is 0 Å². The fraction of sp³-hybridized carbons (Fsp3) is 0.538. The van der Waals surface area contributed by atoms with Gasteiger partial charge in [-0.2, -0.15) is 0 Å². The molecule has 1 saturated carbocycles. The van der Waals surface area contributed by atoms with Crippen LogP contribution in [0.25, 0.3) is 0 Å². The monoisotopic (exact) mass is 302 g/mol. The van der Waals surface area contributed by atoms with Crippen LogP contribution in [0.15, 0.2) is 18.2 Å². The third-order valence-electron chi connectivity index (χ3n) is 3.15. The quantitative estimate of drug-likeness (QED) is 0.809. The molecule has 1 fully saturated rings. The summed E-state index contributed by atoms with van der Waals surface area (Å²) in [5, 5.41) is 3.27. The first-order valence-electron chi connectivity index (χ1n) is 6.42. The van der Waals surface area contributed by atoms with Gasteiger partial charge in [0, 0.05) is 12.8 Å². The van der Waals surface area contributed by atoms with Gasteiger partial charge in [-0.05, 0) is 37.0 Å². The minimum atomic E-state index is -3.50. The molecule has 0 heterocycles. The summed E-state index contributed by atoms with van der Waals surface area (Å²) in [6, 6.07) is 4.46. The van der Waals surface area contributed by atoms with Gasteiger partial charge < -0.3 is 10.1 Å². The third-order valence-corrected chi connectivity index (χ3v) is 3.74. The van der Waals surface area contributed by atoms with E-state index in [4.69, 9.17) is 4.74 Å². The van der Waals surface area contributed by atoms with E-state index in [1.165, 1.54) is 12.1 Å². The number of sulfonamides is 1. The molecule has 0 spiro atoms. The van der Waals surface area contributed by atoms with Gasteiger partial charge in [-0.1, -0.05) is 0 Å². The van der Waals surface area contributed by atoms with Crippen LogP contribution in [0.3, 0.4) is 0 Å². The smallest absolute Gasteiger partial charge is 0.229 e. The number of hydrogen-bond donors (Lipinski definition) is 2. The Labute approximate surface area is 118 Å². The zero-order valence-corrected chi connectivity index (χ0v) is 12.3. The number of methoxy groups -OCH3 is 1. The Morgan fingerprint density at radius 2 is 2.15 bits per heavy atom. The van der Waals surface area contributed by atoms with Crippen molar-refractivity contribution in [3.05, 3.63) is 24.0 Å². The van der Waals surface area contributed by atoms with Crippen molar-refractivity contribution in [2.75, 3.05) is 30.0 Å². The van der Waals surface area contributed by atoms with Crippen molar-refractivity contribution in [3.63, 3.8) is 0 Å². The summed E-state index contributed by atoms with van der Waals surface area (Å²) in [7, 11) is -1.86. The predicted molar refractivity (Wildman–Crippen MR) is 76.9 cm³/mol. The maximum absolute atomic E-state index is 13.6. The first kappa shape index (κ1) is 15.1. The predicted octanol–water partition coefficient (Wildman–Crippen LogP) is 2.03. The van der Waals surface area contributed by atoms with Crippen LogP contribution in [0, 0.1) is 11.7 Å². The number of halogens is 1. The van der Waals surface area contributed by atoms with E-state index in [-0.39, 0.29) is 11.7 Å². The summed E-state index contributed by atoms with van der Waals surface area (Å²) < 4.78 is 43.3. The van der Waals surface area contributed by atoms with Gasteiger partial charge >= 0.3 is 0 Å². The lowest BCUT2D eigenvalue weighted by molar-refractivity contribution is 0.179. The number of rotatable bonds is 7. The second-order valence-corrected chi connectivity index (χ2v) is 6.86. The molecule has 0 aliphatic heterocycles. The summed E-state index contributed by atoms with van der Waals surface area (Å²) >= 11 is 0. The van der Waals surface area contributed by atoms with Gasteiger partial charge in [0.15, 0.2) is 0 Å². The molecule has 2 N–H and O–H groups in total. The van der Waals surface area contributed by atoms with Crippen molar-refractivity contribution in [2.45, 2.75) is 18.9 Å². The Balaban J connectivity index is 2.13. The van der Waals surface area contributed by atoms with E-state index in [2.05, 4.69) is 10.0 Å². The third kappa shape index (κ3) is 4.35. The maximum Gasteiger partial charge on any atom is 0.229 e. The van der Waals surface area contributed by atoms with Gasteiger partial charge in [-0.25, -0.2) is 12.8 Å². The molecule has 0 bridgehead atoms. The van der Waals surface area contributed by atoms with E-state index in [1.54, 1.807) is 13.2 Å². The first-order valence-corrected chi connectivity index (χ1v) is 8.31. The van der Waals surface area contributed by atoms with Gasteiger partial charge in [0.05, 0.1) is 24.6 Å². The summed E-state index contributed by atoms with van der Waals surface area (Å²) in [5.74, 6) is -0.0398. The van der Waals surface area contributed by atoms with Crippen molar-refractivity contribution in [1.29, 1.82) is 0 Å². The standard InChI is InChI=1S/C13H19FN2O3S/c1-19-8-13(9-3-4-9)15-10-5-6-11(14)12(7-10)16-20(2,17)18/h5-7,9,13,15-16H,3-4,8H2,1-2H3. The lowest BCUT2D eigenvalue weighted by Gasteiger charge is -2.19. The molecule has 1 unspecified atom stereocenters. The van der Waals surface area contributed by atoms with Gasteiger partial charge in [0.1, 0.15) is 5.82 Å². The Morgan fingerprint density at radius 3 is 2.70 bits per heavy atom. The summed E-state index contributed by atoms with van der Waals surface area (Å²) in [6.45, 7) is 0.566. The minimum Gasteiger partial charge on any atom is -0.383 e. The lowest BCUT2D eigenvalue weighted by Crippen LogP contribution is -2.27. The van der Waals surface area contributed by atoms with Gasteiger partial charge in [0.2, 0.25) is 10.0 Å². The van der Waals surface area contributed by atoms with E-state index < -0.39 is 15.8 Å². The van der Waals surface area contributed by atoms with E-state index in [9.17, 15) is 12.8 Å². The number of ether oxygens (including phenoxy) is 1. The number of benzene rings is 1. The van der Waals surface area contributed by atoms with Crippen LogP contribution < -0.4 is 10.0 Å². The Morgan fingerprint density at radius 1 is 1.45 bits per heavy atom. The van der Waals surface area contributed by atoms with E-state index in [0.717, 1.165) is 19.1 Å². The molecule has 1 aliphatic rings. The highest BCUT2D eigenvalue weighted by molar-refractivity contribution is 7.92. The highest BCUT2D eigenvalue weighted by Crippen LogP contribution is 2.34. The average molecular weight is 302 g/mol. The molecule has 5 nitrogen and oxygen atoms in total. The highest BCUT2D eigenvalue weighted by Gasteiger charge is 2.31. The van der Waals surface area contributed by atoms with Crippen LogP contribution in [-0.2, 0) is 14.8 Å². The second-order valence-electron chi connectivity index (χ2n) is 5.11. The number of nitrogens with one attached hydrogen (secondary N) is 2. The Kier molecular flexibility index (Phi) is 4.49. The molecule has 1 aromatic carbocycles. The second kappa shape index (κ2) is 5.97. The van der Waals surface area contributed by atoms with Crippen LogP contribution in [0.5, 0.6) is 0 Å². The van der Waals surface area contributed by atoms with Crippen LogP contribution in [0.2, 0.25) is 0 Å². The maximum atomic E-state index is 13.6. The molecule has 2 rings (SSSR count). The molecule has 20 heavy (non-hydrogen) atoms. The van der Waals surface area contributed by atoms with Crippen LogP contribution in [-0.4, -0.2) is 34.4 Å². The van der Waals surface area contributed by atoms with Crippen LogP contribution in [0.4, 0.5) is 15.8 Å². The Bertz CT molecular complexity index is 573. The summed E-state index contributed by atoms with van der Waals surface area (Å²) in [6.07, 6.45) is 3.29. The van der Waals surface area contributed by atoms with Crippen LogP contribution in [0.1, 0.15) is 12.8 Å². The normalized spacial score (nSPS) is 16.8. The van der Waals surface area contributed by atoms with E-state index >= 15 is 0 Å². The van der Waals surface area contributed by atoms with Crippen molar-refractivity contribution < 1.29 is 17.5 Å². The highest BCUT2D eigenvalue weighted by atomic mass is 32.2. The first-order chi connectivity index (χ1) is 9.39. The van der Waals surface area contributed by atoms with Gasteiger partial charge in [-0.15, -0.1) is 0 Å². The molecule has 0 saturated heterocycles. The van der Waals surface area contributed by atoms with Crippen molar-refractivity contribution >= 4 is 21.4 Å². The number of hydrogen-bond acceptors (Lipinski definition) is 4. The fourth-order valence-corrected chi connectivity index (χ4v) is 2.64. The van der Waals surface area contributed by atoms with E-state index in [0.29, 0.717) is 18.2 Å². The Hall–Kier alpha value is -1.34. The SMILES string of the molecule is COCC(Nc1ccc(F)c(NS(C)(=O)=O)c1)C1CC1. The molecule has 0 amide bonds. The van der Waals surface area contributed by atoms with Gasteiger partial charge in [-0.3, -0.25) is 4.72 Å². The largest absolute Gasteiger partial charge is 0.383 e. The van der Waals surface area contributed by atoms with E-state index in [1.807, 2.05) is 0 Å². The lowest BCUT2D eigenvalue weighted by atomic mass is 10.1. The number of anilines is 2. The zero-order valence-electron chi connectivity index (χ0n) is 11.5. The molecule has 112 valence electrons. The minimum absolute atomic E-state index is 0.0514. The molecule has 0 radical (unpaired) electrons. The molecule has 0 aromatic heterocycles. The topological polar surface area (TPSA) is 67.4 Å². The molecule has 1 aliphatic carbocycles. The summed E-state index contributed by atoms with van der Waals surface area (Å²) in [4.78, 5) is 0. The average Bonchev–Trinajstić information content (AvgIpc) is 3.15. The van der Waals surface area contributed by atoms with Crippen molar-refractivity contribution in [2.24, 2.45) is 5.92 Å². The molecular formula is C13H19FN2O3S. The zero-order chi connectivity index (χ0) is 14.8. The van der Waals surface area contributed by atoms with Crippen LogP contribution >= 0.6 is 0 Å².